The maximum absolute atomic E-state index is 12.6. The van der Waals surface area contributed by atoms with Crippen LogP contribution in [0.5, 0.6) is 0 Å². The third-order valence-corrected chi connectivity index (χ3v) is 4.81. The summed E-state index contributed by atoms with van der Waals surface area (Å²) in [6.07, 6.45) is 3.35. The number of hydrogen-bond acceptors (Lipinski definition) is 4. The van der Waals surface area contributed by atoms with Crippen LogP contribution in [-0.2, 0) is 19.6 Å². The first-order chi connectivity index (χ1) is 13.6. The van der Waals surface area contributed by atoms with Gasteiger partial charge in [-0.1, -0.05) is 35.9 Å². The lowest BCUT2D eigenvalue weighted by atomic mass is 10.2. The van der Waals surface area contributed by atoms with Crippen molar-refractivity contribution in [1.82, 2.24) is 24.8 Å². The van der Waals surface area contributed by atoms with Crippen molar-refractivity contribution < 1.29 is 9.59 Å². The highest BCUT2D eigenvalue weighted by Crippen LogP contribution is 2.16. The van der Waals surface area contributed by atoms with Gasteiger partial charge in [0.1, 0.15) is 16.7 Å². The summed E-state index contributed by atoms with van der Waals surface area (Å²) in [6, 6.07) is 12.7. The van der Waals surface area contributed by atoms with E-state index < -0.39 is 0 Å². The molecular formula is C20H18ClN5O2. The number of carbonyl (C=O) groups excluding carboxylic acids is 2. The molecule has 0 aliphatic carbocycles. The highest BCUT2D eigenvalue weighted by atomic mass is 35.5. The molecule has 0 saturated carbocycles. The van der Waals surface area contributed by atoms with Crippen molar-refractivity contribution in [3.8, 4) is 0 Å². The SMILES string of the molecule is O=C(NCc1ccc(Cl)nc1)c1cn2c(n1)CN(C(=O)c1ccccc1)CC2. The molecule has 0 unspecified atom stereocenters. The number of pyridine rings is 1. The van der Waals surface area contributed by atoms with Crippen LogP contribution in [0.1, 0.15) is 32.2 Å². The standard InChI is InChI=1S/C20H18ClN5O2/c21-17-7-6-14(10-22-17)11-23-19(27)16-12-25-8-9-26(13-18(25)24-16)20(28)15-4-2-1-3-5-15/h1-7,10,12H,8-9,11,13H2,(H,23,27). The molecule has 28 heavy (non-hydrogen) atoms. The Morgan fingerprint density at radius 3 is 2.68 bits per heavy atom. The van der Waals surface area contributed by atoms with Gasteiger partial charge in [-0.15, -0.1) is 0 Å². The summed E-state index contributed by atoms with van der Waals surface area (Å²) in [6.45, 7) is 1.90. The normalized spacial score (nSPS) is 13.1. The van der Waals surface area contributed by atoms with Crippen molar-refractivity contribution in [2.24, 2.45) is 0 Å². The second kappa shape index (κ2) is 7.82. The maximum Gasteiger partial charge on any atom is 0.271 e. The molecule has 4 rings (SSSR count). The van der Waals surface area contributed by atoms with E-state index in [1.54, 1.807) is 41.6 Å². The third-order valence-electron chi connectivity index (χ3n) is 4.58. The van der Waals surface area contributed by atoms with E-state index in [2.05, 4.69) is 15.3 Å². The van der Waals surface area contributed by atoms with Gasteiger partial charge in [-0.2, -0.15) is 0 Å². The molecule has 2 amide bonds. The van der Waals surface area contributed by atoms with Crippen molar-refractivity contribution >= 4 is 23.4 Å². The lowest BCUT2D eigenvalue weighted by Crippen LogP contribution is -2.38. The van der Waals surface area contributed by atoms with Crippen LogP contribution in [0.3, 0.4) is 0 Å². The highest BCUT2D eigenvalue weighted by molar-refractivity contribution is 6.29. The minimum absolute atomic E-state index is 0.0314. The van der Waals surface area contributed by atoms with Gasteiger partial charge in [-0.3, -0.25) is 9.59 Å². The van der Waals surface area contributed by atoms with Crippen LogP contribution in [-0.4, -0.2) is 37.8 Å². The molecule has 0 spiro atoms. The Morgan fingerprint density at radius 2 is 1.93 bits per heavy atom. The molecule has 1 aliphatic heterocycles. The summed E-state index contributed by atoms with van der Waals surface area (Å²) in [5.74, 6) is 0.405. The summed E-state index contributed by atoms with van der Waals surface area (Å²) in [7, 11) is 0. The zero-order valence-electron chi connectivity index (χ0n) is 15.0. The van der Waals surface area contributed by atoms with E-state index >= 15 is 0 Å². The number of imidazole rings is 1. The molecular weight excluding hydrogens is 378 g/mol. The second-order valence-electron chi connectivity index (χ2n) is 6.50. The molecule has 8 heteroatoms. The molecule has 0 saturated heterocycles. The number of rotatable bonds is 4. The van der Waals surface area contributed by atoms with Crippen LogP contribution in [0.25, 0.3) is 0 Å². The average molecular weight is 396 g/mol. The quantitative estimate of drug-likeness (QED) is 0.688. The molecule has 0 fully saturated rings. The summed E-state index contributed by atoms with van der Waals surface area (Å²) in [5.41, 5.74) is 1.84. The predicted octanol–water partition coefficient (Wildman–Crippen LogP) is 2.52. The molecule has 3 aromatic rings. The summed E-state index contributed by atoms with van der Waals surface area (Å²) < 4.78 is 1.92. The number of hydrogen-bond donors (Lipinski definition) is 1. The number of benzene rings is 1. The Labute approximate surface area is 167 Å². The van der Waals surface area contributed by atoms with Gasteiger partial charge < -0.3 is 14.8 Å². The minimum atomic E-state index is -0.266. The number of aromatic nitrogens is 3. The molecule has 0 radical (unpaired) electrons. The second-order valence-corrected chi connectivity index (χ2v) is 6.89. The first kappa shape index (κ1) is 18.2. The average Bonchev–Trinajstić information content (AvgIpc) is 3.16. The van der Waals surface area contributed by atoms with E-state index in [4.69, 9.17) is 11.6 Å². The van der Waals surface area contributed by atoms with Gasteiger partial charge in [0.05, 0.1) is 6.54 Å². The number of nitrogens with zero attached hydrogens (tertiary/aromatic N) is 4. The van der Waals surface area contributed by atoms with Crippen LogP contribution in [0.15, 0.2) is 54.9 Å². The molecule has 3 heterocycles. The molecule has 1 aliphatic rings. The van der Waals surface area contributed by atoms with Crippen molar-refractivity contribution in [2.45, 2.75) is 19.6 Å². The monoisotopic (exact) mass is 395 g/mol. The van der Waals surface area contributed by atoms with E-state index in [9.17, 15) is 9.59 Å². The largest absolute Gasteiger partial charge is 0.347 e. The van der Waals surface area contributed by atoms with E-state index in [-0.39, 0.29) is 11.8 Å². The maximum atomic E-state index is 12.6. The fraction of sp³-hybridized carbons (Fsp3) is 0.200. The van der Waals surface area contributed by atoms with Crippen LogP contribution in [0.4, 0.5) is 0 Å². The molecule has 1 N–H and O–H groups in total. The van der Waals surface area contributed by atoms with Crippen molar-refractivity contribution in [3.63, 3.8) is 0 Å². The van der Waals surface area contributed by atoms with Gasteiger partial charge in [-0.25, -0.2) is 9.97 Å². The number of fused-ring (bicyclic) bond motifs is 1. The Hall–Kier alpha value is -3.19. The molecule has 0 bridgehead atoms. The van der Waals surface area contributed by atoms with E-state index in [0.717, 1.165) is 5.56 Å². The molecule has 2 aromatic heterocycles. The topological polar surface area (TPSA) is 80.1 Å². The fourth-order valence-electron chi connectivity index (χ4n) is 3.08. The molecule has 7 nitrogen and oxygen atoms in total. The van der Waals surface area contributed by atoms with Crippen molar-refractivity contribution in [1.29, 1.82) is 0 Å². The zero-order chi connectivity index (χ0) is 19.5. The summed E-state index contributed by atoms with van der Waals surface area (Å²) in [4.78, 5) is 35.2. The van der Waals surface area contributed by atoms with Crippen LogP contribution in [0.2, 0.25) is 5.15 Å². The van der Waals surface area contributed by atoms with Crippen molar-refractivity contribution in [2.75, 3.05) is 6.54 Å². The van der Waals surface area contributed by atoms with Gasteiger partial charge in [-0.05, 0) is 23.8 Å². The van der Waals surface area contributed by atoms with E-state index in [1.807, 2.05) is 22.8 Å². The zero-order valence-corrected chi connectivity index (χ0v) is 15.8. The van der Waals surface area contributed by atoms with E-state index in [1.165, 1.54) is 0 Å². The number of halogens is 1. The Balaban J connectivity index is 1.41. The fourth-order valence-corrected chi connectivity index (χ4v) is 3.19. The first-order valence-electron chi connectivity index (χ1n) is 8.89. The Morgan fingerprint density at radius 1 is 1.11 bits per heavy atom. The van der Waals surface area contributed by atoms with Gasteiger partial charge >= 0.3 is 0 Å². The summed E-state index contributed by atoms with van der Waals surface area (Å²) >= 11 is 5.76. The Bertz CT molecular complexity index is 1000. The smallest absolute Gasteiger partial charge is 0.271 e. The Kier molecular flexibility index (Phi) is 5.08. The van der Waals surface area contributed by atoms with Gasteiger partial charge in [0, 0.05) is 37.6 Å². The third kappa shape index (κ3) is 3.89. The van der Waals surface area contributed by atoms with Crippen LogP contribution < -0.4 is 5.32 Å². The van der Waals surface area contributed by atoms with Crippen molar-refractivity contribution in [3.05, 3.63) is 82.7 Å². The lowest BCUT2D eigenvalue weighted by Gasteiger charge is -2.27. The van der Waals surface area contributed by atoms with Gasteiger partial charge in [0.25, 0.3) is 11.8 Å². The first-order valence-corrected chi connectivity index (χ1v) is 9.27. The molecule has 1 aromatic carbocycles. The molecule has 142 valence electrons. The lowest BCUT2D eigenvalue weighted by molar-refractivity contribution is 0.0707. The van der Waals surface area contributed by atoms with Gasteiger partial charge in [0.15, 0.2) is 0 Å². The van der Waals surface area contributed by atoms with Gasteiger partial charge in [0.2, 0.25) is 0 Å². The summed E-state index contributed by atoms with van der Waals surface area (Å²) in [5, 5.41) is 3.23. The predicted molar refractivity (Wildman–Crippen MR) is 104 cm³/mol. The molecule has 0 atom stereocenters. The van der Waals surface area contributed by atoms with Crippen LogP contribution >= 0.6 is 11.6 Å². The highest BCUT2D eigenvalue weighted by Gasteiger charge is 2.24. The number of amides is 2. The number of nitrogens with one attached hydrogen (secondary N) is 1. The van der Waals surface area contributed by atoms with Crippen LogP contribution in [0, 0.1) is 0 Å². The number of carbonyl (C=O) groups is 2. The van der Waals surface area contributed by atoms with E-state index in [0.29, 0.717) is 48.4 Å². The minimum Gasteiger partial charge on any atom is -0.347 e.